The van der Waals surface area contributed by atoms with E-state index in [4.69, 9.17) is 23.7 Å². The molecule has 3 aromatic rings. The summed E-state index contributed by atoms with van der Waals surface area (Å²) in [5, 5.41) is 44.1. The molecule has 214 valence electrons. The first kappa shape index (κ1) is 30.5. The molecule has 0 aliphatic carbocycles. The van der Waals surface area contributed by atoms with Crippen molar-refractivity contribution in [2.45, 2.75) is 33.4 Å². The van der Waals surface area contributed by atoms with Gasteiger partial charge < -0.3 is 0 Å². The monoisotopic (exact) mass is 562 g/mol. The van der Waals surface area contributed by atoms with Crippen molar-refractivity contribution in [2.24, 2.45) is 0 Å². The molecule has 0 atom stereocenters. The molecule has 3 rings (SSSR count). The normalized spacial score (nSPS) is 11.7. The fourth-order valence-corrected chi connectivity index (χ4v) is 11.3. The van der Waals surface area contributed by atoms with Crippen LogP contribution in [0.5, 0.6) is 28.7 Å². The van der Waals surface area contributed by atoms with Crippen molar-refractivity contribution in [2.75, 3.05) is 41.7 Å². The topological polar surface area (TPSA) is 127 Å². The van der Waals surface area contributed by atoms with Crippen LogP contribution in [0.2, 0.25) is 0 Å². The predicted octanol–water partition coefficient (Wildman–Crippen LogP) is 1.74. The fourth-order valence-electron chi connectivity index (χ4n) is 5.57. The van der Waals surface area contributed by atoms with Gasteiger partial charge in [-0.2, -0.15) is 0 Å². The molecule has 0 fully saturated rings. The summed E-state index contributed by atoms with van der Waals surface area (Å²) in [5.41, 5.74) is 2.28. The number of hydrogen-bond donors (Lipinski definition) is 4. The minimum atomic E-state index is -3.45. The Labute approximate surface area is 229 Å². The summed E-state index contributed by atoms with van der Waals surface area (Å²) >= 11 is 0. The summed E-state index contributed by atoms with van der Waals surface area (Å²) in [7, 11) is 4.25. The average Bonchev–Trinajstić information content (AvgIpc) is 3.00. The van der Waals surface area contributed by atoms with E-state index in [0.29, 0.717) is 62.5 Å². The first-order valence-electron chi connectivity index (χ1n) is 12.5. The van der Waals surface area contributed by atoms with Gasteiger partial charge in [-0.1, -0.05) is 0 Å². The summed E-state index contributed by atoms with van der Waals surface area (Å²) in [4.78, 5) is 0. The molecule has 3 aromatic carbocycles. The van der Waals surface area contributed by atoms with Crippen LogP contribution in [0.3, 0.4) is 0 Å². The molecule has 0 amide bonds. The van der Waals surface area contributed by atoms with Gasteiger partial charge in [0.25, 0.3) is 0 Å². The van der Waals surface area contributed by atoms with E-state index in [1.54, 1.807) is 57.7 Å². The molecule has 0 aliphatic rings. The molecule has 10 heteroatoms. The van der Waals surface area contributed by atoms with E-state index in [2.05, 4.69) is 0 Å². The van der Waals surface area contributed by atoms with Crippen LogP contribution in [0.15, 0.2) is 36.4 Å². The van der Waals surface area contributed by atoms with E-state index in [1.165, 1.54) is 14.2 Å². The Kier molecular flexibility index (Phi) is 10.4. The van der Waals surface area contributed by atoms with Crippen molar-refractivity contribution >= 4 is 23.2 Å². The second-order valence-corrected chi connectivity index (χ2v) is 13.0. The minimum absolute atomic E-state index is 0.228. The number of ether oxygens (including phenoxy) is 5. The molecule has 0 unspecified atom stereocenters. The summed E-state index contributed by atoms with van der Waals surface area (Å²) < 4.78 is 28.8. The number of aliphatic hydroxyl groups excluding tert-OH is 4. The zero-order valence-electron chi connectivity index (χ0n) is 23.3. The van der Waals surface area contributed by atoms with E-state index >= 15 is 0 Å². The van der Waals surface area contributed by atoms with E-state index in [0.717, 1.165) is 10.6 Å². The molecular formula is C29H39O9P. The molecule has 9 nitrogen and oxygen atoms in total. The van der Waals surface area contributed by atoms with Crippen LogP contribution in [0.25, 0.3) is 0 Å². The molecule has 0 bridgehead atoms. The van der Waals surface area contributed by atoms with Gasteiger partial charge in [-0.05, 0) is 0 Å². The maximum atomic E-state index is 10.7. The van der Waals surface area contributed by atoms with E-state index in [9.17, 15) is 20.4 Å². The fraction of sp³-hybridized carbons (Fsp3) is 0.379. The Bertz CT molecular complexity index is 1060. The van der Waals surface area contributed by atoms with Crippen LogP contribution in [-0.2, 0) is 26.4 Å². The summed E-state index contributed by atoms with van der Waals surface area (Å²) in [6.07, 6.45) is 0.500. The van der Waals surface area contributed by atoms with Gasteiger partial charge in [0.15, 0.2) is 0 Å². The van der Waals surface area contributed by atoms with Gasteiger partial charge >= 0.3 is 230 Å². The summed E-state index contributed by atoms with van der Waals surface area (Å²) in [5.74, 6) is 2.41. The number of benzene rings is 3. The van der Waals surface area contributed by atoms with E-state index in [1.807, 2.05) is 6.92 Å². The van der Waals surface area contributed by atoms with Crippen LogP contribution < -0.4 is 39.6 Å². The van der Waals surface area contributed by atoms with Gasteiger partial charge in [0.2, 0.25) is 0 Å². The molecule has 0 saturated carbocycles. The van der Waals surface area contributed by atoms with Gasteiger partial charge in [-0.15, -0.1) is 0 Å². The van der Waals surface area contributed by atoms with Gasteiger partial charge in [0.05, 0.1) is 0 Å². The van der Waals surface area contributed by atoms with Crippen molar-refractivity contribution in [3.05, 3.63) is 58.7 Å². The second-order valence-electron chi connectivity index (χ2n) is 8.95. The Morgan fingerprint density at radius 3 is 1.28 bits per heavy atom. The molecule has 0 saturated heterocycles. The van der Waals surface area contributed by atoms with Crippen LogP contribution >= 0.6 is 7.26 Å². The predicted molar refractivity (Wildman–Crippen MR) is 154 cm³/mol. The zero-order valence-corrected chi connectivity index (χ0v) is 24.3. The third kappa shape index (κ3) is 5.38. The maximum absolute atomic E-state index is 10.7. The third-order valence-corrected chi connectivity index (χ3v) is 12.5. The Hall–Kier alpha value is -3.07. The van der Waals surface area contributed by atoms with Crippen LogP contribution in [0, 0.1) is 0 Å². The van der Waals surface area contributed by atoms with E-state index < -0.39 is 7.26 Å². The molecular weight excluding hydrogens is 523 g/mol. The summed E-state index contributed by atoms with van der Waals surface area (Å²) in [6.45, 7) is 0.799. The molecule has 4 N–H and O–H groups in total. The van der Waals surface area contributed by atoms with Gasteiger partial charge in [-0.25, -0.2) is 0 Å². The van der Waals surface area contributed by atoms with Crippen molar-refractivity contribution < 1.29 is 44.1 Å². The number of methoxy groups -OCH3 is 5. The third-order valence-electron chi connectivity index (χ3n) is 7.19. The Morgan fingerprint density at radius 1 is 0.513 bits per heavy atom. The molecule has 0 spiro atoms. The van der Waals surface area contributed by atoms with E-state index in [-0.39, 0.29) is 26.4 Å². The van der Waals surface area contributed by atoms with Crippen LogP contribution in [0.1, 0.15) is 29.2 Å². The second kappa shape index (κ2) is 13.3. The van der Waals surface area contributed by atoms with Crippen LogP contribution in [0.4, 0.5) is 0 Å². The van der Waals surface area contributed by atoms with Gasteiger partial charge in [-0.3, -0.25) is 0 Å². The van der Waals surface area contributed by atoms with Crippen molar-refractivity contribution in [1.82, 2.24) is 0 Å². The first-order valence-corrected chi connectivity index (χ1v) is 14.7. The van der Waals surface area contributed by atoms with Crippen LogP contribution in [-0.4, -0.2) is 62.1 Å². The van der Waals surface area contributed by atoms with Crippen molar-refractivity contribution in [1.29, 1.82) is 0 Å². The van der Waals surface area contributed by atoms with Crippen molar-refractivity contribution in [3.63, 3.8) is 0 Å². The summed E-state index contributed by atoms with van der Waals surface area (Å²) in [6, 6.07) is 10.5. The number of rotatable bonds is 13. The average molecular weight is 563 g/mol. The van der Waals surface area contributed by atoms with Gasteiger partial charge in [0.1, 0.15) is 0 Å². The zero-order chi connectivity index (χ0) is 28.7. The molecule has 39 heavy (non-hydrogen) atoms. The molecule has 0 aliphatic heterocycles. The first-order chi connectivity index (χ1) is 18.9. The Morgan fingerprint density at radius 2 is 0.923 bits per heavy atom. The number of hydrogen-bond acceptors (Lipinski definition) is 9. The SMILES string of the molecule is CC[PH](c1c(CO)cc(OC)cc1CO)(c1c(CO)cc(OC)cc1OC)c1c(OC)cc(CO)cc1OC. The number of aliphatic hydroxyl groups is 4. The molecule has 0 radical (unpaired) electrons. The van der Waals surface area contributed by atoms with Gasteiger partial charge in [0, 0.05) is 0 Å². The molecule has 0 heterocycles. The van der Waals surface area contributed by atoms with Crippen molar-refractivity contribution in [3.8, 4) is 28.7 Å². The Balaban J connectivity index is 2.74. The molecule has 0 aromatic heterocycles. The standard InChI is InChI=1S/C29H39O9P/c1-7-39(27-19(15-31)10-22(34-2)11-20(27)16-32,28-21(17-33)12-23(35-3)13-26(28)38-6)29-24(36-4)8-18(14-30)9-25(29)37-5/h8-13,30-33,39H,7,14-17H2,1-6H3. The quantitative estimate of drug-likeness (QED) is 0.231.